The van der Waals surface area contributed by atoms with Crippen LogP contribution < -0.4 is 5.73 Å². The van der Waals surface area contributed by atoms with E-state index in [1.165, 1.54) is 6.07 Å². The second-order valence-electron chi connectivity index (χ2n) is 5.43. The van der Waals surface area contributed by atoms with Crippen molar-refractivity contribution in [1.29, 1.82) is 0 Å². The standard InChI is InChI=1S/C14H20FNO2/c1-9-5-6-10(7-11(9)15)8-12(16)13(17)18-14(2,3)4/h5-7,12H,8,16H2,1-4H3/t12-/m0/s1. The maximum absolute atomic E-state index is 13.3. The Balaban J connectivity index is 2.66. The van der Waals surface area contributed by atoms with E-state index in [2.05, 4.69) is 0 Å². The quantitative estimate of drug-likeness (QED) is 0.841. The van der Waals surface area contributed by atoms with Gasteiger partial charge >= 0.3 is 5.97 Å². The number of benzene rings is 1. The fourth-order valence-corrected chi connectivity index (χ4v) is 1.48. The van der Waals surface area contributed by atoms with E-state index >= 15 is 0 Å². The normalized spacial score (nSPS) is 13.2. The fraction of sp³-hybridized carbons (Fsp3) is 0.500. The van der Waals surface area contributed by atoms with Crippen LogP contribution in [0.15, 0.2) is 18.2 Å². The van der Waals surface area contributed by atoms with Crippen LogP contribution in [0.25, 0.3) is 0 Å². The number of carbonyl (C=O) groups excluding carboxylic acids is 1. The van der Waals surface area contributed by atoms with E-state index in [-0.39, 0.29) is 12.2 Å². The zero-order chi connectivity index (χ0) is 13.9. The summed E-state index contributed by atoms with van der Waals surface area (Å²) in [6.07, 6.45) is 0.270. The highest BCUT2D eigenvalue weighted by Gasteiger charge is 2.22. The Labute approximate surface area is 107 Å². The van der Waals surface area contributed by atoms with E-state index < -0.39 is 17.6 Å². The number of ether oxygens (including phenoxy) is 1. The van der Waals surface area contributed by atoms with Crippen LogP contribution in [-0.2, 0) is 16.0 Å². The Kier molecular flexibility index (Phi) is 4.46. The lowest BCUT2D eigenvalue weighted by molar-refractivity contribution is -0.156. The molecule has 0 bridgehead atoms. The molecule has 2 N–H and O–H groups in total. The van der Waals surface area contributed by atoms with E-state index in [9.17, 15) is 9.18 Å². The number of rotatable bonds is 3. The Hall–Kier alpha value is -1.42. The summed E-state index contributed by atoms with van der Waals surface area (Å²) in [7, 11) is 0. The van der Waals surface area contributed by atoms with Gasteiger partial charge in [-0.15, -0.1) is 0 Å². The van der Waals surface area contributed by atoms with Gasteiger partial charge in [-0.1, -0.05) is 12.1 Å². The Morgan fingerprint density at radius 3 is 2.56 bits per heavy atom. The maximum atomic E-state index is 13.3. The van der Waals surface area contributed by atoms with Crippen molar-refractivity contribution in [2.45, 2.75) is 45.8 Å². The van der Waals surface area contributed by atoms with Crippen LogP contribution in [0.3, 0.4) is 0 Å². The molecule has 4 heteroatoms. The summed E-state index contributed by atoms with van der Waals surface area (Å²) < 4.78 is 18.5. The summed E-state index contributed by atoms with van der Waals surface area (Å²) in [5, 5.41) is 0. The Morgan fingerprint density at radius 1 is 1.44 bits per heavy atom. The molecule has 0 heterocycles. The second kappa shape index (κ2) is 5.48. The van der Waals surface area contributed by atoms with Gasteiger partial charge in [0.1, 0.15) is 17.5 Å². The van der Waals surface area contributed by atoms with E-state index in [4.69, 9.17) is 10.5 Å². The number of hydrogen-bond acceptors (Lipinski definition) is 3. The fourth-order valence-electron chi connectivity index (χ4n) is 1.48. The van der Waals surface area contributed by atoms with Gasteiger partial charge in [-0.05, 0) is 51.3 Å². The van der Waals surface area contributed by atoms with Crippen LogP contribution in [0.4, 0.5) is 4.39 Å². The summed E-state index contributed by atoms with van der Waals surface area (Å²) >= 11 is 0. The van der Waals surface area contributed by atoms with Gasteiger partial charge in [0.2, 0.25) is 0 Å². The van der Waals surface area contributed by atoms with Gasteiger partial charge in [0, 0.05) is 0 Å². The molecule has 0 aliphatic carbocycles. The molecule has 0 aliphatic heterocycles. The molecule has 100 valence electrons. The van der Waals surface area contributed by atoms with Gasteiger partial charge < -0.3 is 10.5 Å². The van der Waals surface area contributed by atoms with Crippen molar-refractivity contribution >= 4 is 5.97 Å². The molecule has 1 aromatic carbocycles. The minimum atomic E-state index is -0.772. The minimum Gasteiger partial charge on any atom is -0.459 e. The predicted molar refractivity (Wildman–Crippen MR) is 68.7 cm³/mol. The number of halogens is 1. The summed E-state index contributed by atoms with van der Waals surface area (Å²) in [6, 6.07) is 4.07. The van der Waals surface area contributed by atoms with Gasteiger partial charge in [-0.2, -0.15) is 0 Å². The highest BCUT2D eigenvalue weighted by Crippen LogP contribution is 2.13. The molecule has 0 radical (unpaired) electrons. The first-order valence-electron chi connectivity index (χ1n) is 5.92. The van der Waals surface area contributed by atoms with E-state index in [1.54, 1.807) is 39.8 Å². The molecule has 0 fully saturated rings. The molecule has 1 atom stereocenters. The number of aryl methyl sites for hydroxylation is 1. The summed E-state index contributed by atoms with van der Waals surface area (Å²) in [4.78, 5) is 11.7. The first kappa shape index (κ1) is 14.6. The molecule has 0 amide bonds. The topological polar surface area (TPSA) is 52.3 Å². The van der Waals surface area contributed by atoms with Crippen LogP contribution in [0.5, 0.6) is 0 Å². The molecular weight excluding hydrogens is 233 g/mol. The zero-order valence-electron chi connectivity index (χ0n) is 11.3. The largest absolute Gasteiger partial charge is 0.459 e. The lowest BCUT2D eigenvalue weighted by atomic mass is 10.0. The van der Waals surface area contributed by atoms with Crippen molar-refractivity contribution in [2.75, 3.05) is 0 Å². The molecule has 0 saturated carbocycles. The molecule has 0 spiro atoms. The summed E-state index contributed by atoms with van der Waals surface area (Å²) in [5.41, 5.74) is 6.45. The van der Waals surface area contributed by atoms with Gasteiger partial charge in [0.25, 0.3) is 0 Å². The van der Waals surface area contributed by atoms with Crippen molar-refractivity contribution in [3.63, 3.8) is 0 Å². The molecule has 0 aromatic heterocycles. The maximum Gasteiger partial charge on any atom is 0.323 e. The highest BCUT2D eigenvalue weighted by molar-refractivity contribution is 5.76. The Bertz CT molecular complexity index is 438. The summed E-state index contributed by atoms with van der Waals surface area (Å²) in [6.45, 7) is 7.03. The van der Waals surface area contributed by atoms with Gasteiger partial charge in [-0.3, -0.25) is 4.79 Å². The van der Waals surface area contributed by atoms with Crippen LogP contribution in [0.2, 0.25) is 0 Å². The van der Waals surface area contributed by atoms with Crippen molar-refractivity contribution in [1.82, 2.24) is 0 Å². The third-order valence-corrected chi connectivity index (χ3v) is 2.40. The van der Waals surface area contributed by atoms with Gasteiger partial charge in [-0.25, -0.2) is 4.39 Å². The highest BCUT2D eigenvalue weighted by atomic mass is 19.1. The van der Waals surface area contributed by atoms with Crippen molar-refractivity contribution < 1.29 is 13.9 Å². The van der Waals surface area contributed by atoms with Gasteiger partial charge in [0.05, 0.1) is 0 Å². The first-order valence-corrected chi connectivity index (χ1v) is 5.92. The monoisotopic (exact) mass is 253 g/mol. The first-order chi connectivity index (χ1) is 8.19. The lowest BCUT2D eigenvalue weighted by Crippen LogP contribution is -2.38. The molecule has 1 aromatic rings. The molecule has 0 saturated heterocycles. The SMILES string of the molecule is Cc1ccc(C[C@H](N)C(=O)OC(C)(C)C)cc1F. The molecule has 0 unspecified atom stereocenters. The third kappa shape index (κ3) is 4.45. The smallest absolute Gasteiger partial charge is 0.323 e. The lowest BCUT2D eigenvalue weighted by Gasteiger charge is -2.22. The summed E-state index contributed by atoms with van der Waals surface area (Å²) in [5.74, 6) is -0.757. The van der Waals surface area contributed by atoms with Crippen molar-refractivity contribution in [3.05, 3.63) is 35.1 Å². The minimum absolute atomic E-state index is 0.270. The van der Waals surface area contributed by atoms with E-state index in [0.717, 1.165) is 0 Å². The molecule has 18 heavy (non-hydrogen) atoms. The molecule has 1 rings (SSSR count). The van der Waals surface area contributed by atoms with Crippen LogP contribution in [-0.4, -0.2) is 17.6 Å². The van der Waals surface area contributed by atoms with Crippen molar-refractivity contribution in [3.8, 4) is 0 Å². The molecular formula is C14H20FNO2. The average molecular weight is 253 g/mol. The van der Waals surface area contributed by atoms with E-state index in [1.807, 2.05) is 0 Å². The van der Waals surface area contributed by atoms with Crippen LogP contribution in [0, 0.1) is 12.7 Å². The predicted octanol–water partition coefficient (Wildman–Crippen LogP) is 2.35. The van der Waals surface area contributed by atoms with Crippen LogP contribution >= 0.6 is 0 Å². The number of nitrogens with two attached hydrogens (primary N) is 1. The van der Waals surface area contributed by atoms with Crippen molar-refractivity contribution in [2.24, 2.45) is 5.73 Å². The average Bonchev–Trinajstić information content (AvgIpc) is 2.21. The van der Waals surface area contributed by atoms with Crippen LogP contribution in [0.1, 0.15) is 31.9 Å². The van der Waals surface area contributed by atoms with E-state index in [0.29, 0.717) is 11.1 Å². The Morgan fingerprint density at radius 2 is 2.06 bits per heavy atom. The molecule has 0 aliphatic rings. The third-order valence-electron chi connectivity index (χ3n) is 2.40. The second-order valence-corrected chi connectivity index (χ2v) is 5.43. The zero-order valence-corrected chi connectivity index (χ0v) is 11.3. The number of esters is 1. The molecule has 3 nitrogen and oxygen atoms in total. The number of hydrogen-bond donors (Lipinski definition) is 1. The number of carbonyl (C=O) groups is 1. The van der Waals surface area contributed by atoms with Gasteiger partial charge in [0.15, 0.2) is 0 Å².